The molecule has 1 amide bonds. The Bertz CT molecular complexity index is 774. The molecule has 5 nitrogen and oxygen atoms in total. The van der Waals surface area contributed by atoms with Crippen LogP contribution in [0.25, 0.3) is 0 Å². The standard InChI is InChI=1S/C18H17ClFNO4/c1-24-16-7-6-11(8-13(16)18(23)25-2)10-21-17(22)9-12-14(19)4-3-5-15(12)20/h3-8H,9-10H2,1-2H3,(H,21,22). The molecule has 0 radical (unpaired) electrons. The number of amides is 1. The van der Waals surface area contributed by atoms with E-state index in [0.717, 1.165) is 0 Å². The van der Waals surface area contributed by atoms with Crippen LogP contribution >= 0.6 is 11.6 Å². The molecule has 132 valence electrons. The van der Waals surface area contributed by atoms with Gasteiger partial charge in [0.2, 0.25) is 5.91 Å². The topological polar surface area (TPSA) is 64.6 Å². The van der Waals surface area contributed by atoms with Crippen LogP contribution in [0.4, 0.5) is 4.39 Å². The molecule has 0 heterocycles. The van der Waals surface area contributed by atoms with Crippen LogP contribution in [0.15, 0.2) is 36.4 Å². The summed E-state index contributed by atoms with van der Waals surface area (Å²) in [5.74, 6) is -1.08. The zero-order valence-corrected chi connectivity index (χ0v) is 14.5. The summed E-state index contributed by atoms with van der Waals surface area (Å²) >= 11 is 5.91. The Hall–Kier alpha value is -2.60. The van der Waals surface area contributed by atoms with E-state index in [9.17, 15) is 14.0 Å². The zero-order valence-electron chi connectivity index (χ0n) is 13.8. The fourth-order valence-corrected chi connectivity index (χ4v) is 2.49. The second-order valence-electron chi connectivity index (χ2n) is 5.18. The van der Waals surface area contributed by atoms with Crippen molar-refractivity contribution >= 4 is 23.5 Å². The van der Waals surface area contributed by atoms with Gasteiger partial charge in [-0.05, 0) is 29.8 Å². The minimum absolute atomic E-state index is 0.145. The third kappa shape index (κ3) is 4.70. The van der Waals surface area contributed by atoms with Gasteiger partial charge in [-0.2, -0.15) is 0 Å². The second-order valence-corrected chi connectivity index (χ2v) is 5.59. The first-order chi connectivity index (χ1) is 12.0. The summed E-state index contributed by atoms with van der Waals surface area (Å²) in [5.41, 5.74) is 1.08. The molecule has 2 aromatic carbocycles. The van der Waals surface area contributed by atoms with E-state index in [1.165, 1.54) is 32.4 Å². The Labute approximate surface area is 149 Å². The first-order valence-electron chi connectivity index (χ1n) is 7.41. The van der Waals surface area contributed by atoms with Gasteiger partial charge in [0.1, 0.15) is 17.1 Å². The summed E-state index contributed by atoms with van der Waals surface area (Å²) in [4.78, 5) is 23.8. The largest absolute Gasteiger partial charge is 0.496 e. The average molecular weight is 366 g/mol. The van der Waals surface area contributed by atoms with Gasteiger partial charge in [0.05, 0.1) is 20.6 Å². The van der Waals surface area contributed by atoms with E-state index in [1.54, 1.807) is 18.2 Å². The van der Waals surface area contributed by atoms with Crippen LogP contribution in [0.3, 0.4) is 0 Å². The third-order valence-corrected chi connectivity index (χ3v) is 3.91. The highest BCUT2D eigenvalue weighted by Gasteiger charge is 2.15. The third-order valence-electron chi connectivity index (χ3n) is 3.56. The van der Waals surface area contributed by atoms with E-state index >= 15 is 0 Å². The van der Waals surface area contributed by atoms with Gasteiger partial charge >= 0.3 is 5.97 Å². The monoisotopic (exact) mass is 365 g/mol. The second kappa shape index (κ2) is 8.48. The van der Waals surface area contributed by atoms with Crippen LogP contribution in [0.2, 0.25) is 5.02 Å². The lowest BCUT2D eigenvalue weighted by Gasteiger charge is -2.11. The summed E-state index contributed by atoms with van der Waals surface area (Å²) in [6.07, 6.45) is -0.175. The predicted octanol–water partition coefficient (Wildman–Crippen LogP) is 3.13. The molecule has 2 rings (SSSR count). The summed E-state index contributed by atoms with van der Waals surface area (Å²) < 4.78 is 23.5. The number of rotatable bonds is 6. The number of halogens is 2. The van der Waals surface area contributed by atoms with Crippen LogP contribution in [-0.4, -0.2) is 26.1 Å². The number of carbonyl (C=O) groups is 2. The van der Waals surface area contributed by atoms with Crippen molar-refractivity contribution in [2.24, 2.45) is 0 Å². The molecule has 0 unspecified atom stereocenters. The van der Waals surface area contributed by atoms with Gasteiger partial charge in [-0.25, -0.2) is 9.18 Å². The Morgan fingerprint density at radius 1 is 1.20 bits per heavy atom. The number of esters is 1. The quantitative estimate of drug-likeness (QED) is 0.799. The van der Waals surface area contributed by atoms with E-state index in [-0.39, 0.29) is 35.0 Å². The van der Waals surface area contributed by atoms with Crippen molar-refractivity contribution in [3.63, 3.8) is 0 Å². The van der Waals surface area contributed by atoms with Gasteiger partial charge in [0.25, 0.3) is 0 Å². The molecule has 0 saturated carbocycles. The smallest absolute Gasteiger partial charge is 0.341 e. The number of ether oxygens (including phenoxy) is 2. The van der Waals surface area contributed by atoms with Crippen LogP contribution < -0.4 is 10.1 Å². The molecule has 0 bridgehead atoms. The minimum Gasteiger partial charge on any atom is -0.496 e. The summed E-state index contributed by atoms with van der Waals surface area (Å²) in [7, 11) is 2.72. The Morgan fingerprint density at radius 3 is 2.60 bits per heavy atom. The van der Waals surface area contributed by atoms with Crippen LogP contribution in [-0.2, 0) is 22.5 Å². The summed E-state index contributed by atoms with van der Waals surface area (Å²) in [6.45, 7) is 0.166. The van der Waals surface area contributed by atoms with Gasteiger partial charge in [0.15, 0.2) is 0 Å². The number of hydrogen-bond acceptors (Lipinski definition) is 4. The van der Waals surface area contributed by atoms with Gasteiger partial charge < -0.3 is 14.8 Å². The van der Waals surface area contributed by atoms with E-state index in [2.05, 4.69) is 5.32 Å². The van der Waals surface area contributed by atoms with E-state index in [1.807, 2.05) is 0 Å². The fourth-order valence-electron chi connectivity index (χ4n) is 2.26. The highest BCUT2D eigenvalue weighted by atomic mass is 35.5. The van der Waals surface area contributed by atoms with E-state index in [4.69, 9.17) is 21.1 Å². The number of nitrogens with one attached hydrogen (secondary N) is 1. The maximum atomic E-state index is 13.7. The first kappa shape index (κ1) is 18.7. The van der Waals surface area contributed by atoms with Crippen LogP contribution in [0.1, 0.15) is 21.5 Å². The van der Waals surface area contributed by atoms with Crippen LogP contribution in [0.5, 0.6) is 5.75 Å². The lowest BCUT2D eigenvalue weighted by atomic mass is 10.1. The molecule has 25 heavy (non-hydrogen) atoms. The van der Waals surface area contributed by atoms with Crippen molar-refractivity contribution in [1.82, 2.24) is 5.32 Å². The number of hydrogen-bond donors (Lipinski definition) is 1. The maximum absolute atomic E-state index is 13.7. The normalized spacial score (nSPS) is 10.2. The first-order valence-corrected chi connectivity index (χ1v) is 7.79. The molecule has 0 fully saturated rings. The van der Waals surface area contributed by atoms with Crippen molar-refractivity contribution < 1.29 is 23.5 Å². The van der Waals surface area contributed by atoms with E-state index in [0.29, 0.717) is 11.3 Å². The van der Waals surface area contributed by atoms with Crippen LogP contribution in [0, 0.1) is 5.82 Å². The Balaban J connectivity index is 2.06. The molecule has 0 aliphatic carbocycles. The molecule has 2 aromatic rings. The van der Waals surface area contributed by atoms with Crippen molar-refractivity contribution in [3.8, 4) is 5.75 Å². The Morgan fingerprint density at radius 2 is 1.96 bits per heavy atom. The molecule has 7 heteroatoms. The highest BCUT2D eigenvalue weighted by Crippen LogP contribution is 2.21. The molecule has 0 spiro atoms. The molecule has 0 saturated heterocycles. The van der Waals surface area contributed by atoms with Gasteiger partial charge in [-0.3, -0.25) is 4.79 Å². The van der Waals surface area contributed by atoms with Gasteiger partial charge in [0, 0.05) is 17.1 Å². The maximum Gasteiger partial charge on any atom is 0.341 e. The van der Waals surface area contributed by atoms with Crippen molar-refractivity contribution in [2.75, 3.05) is 14.2 Å². The van der Waals surface area contributed by atoms with Crippen molar-refractivity contribution in [1.29, 1.82) is 0 Å². The molecule has 0 aromatic heterocycles. The minimum atomic E-state index is -0.539. The lowest BCUT2D eigenvalue weighted by molar-refractivity contribution is -0.120. The van der Waals surface area contributed by atoms with Crippen molar-refractivity contribution in [2.45, 2.75) is 13.0 Å². The summed E-state index contributed by atoms with van der Waals surface area (Å²) in [6, 6.07) is 9.15. The zero-order chi connectivity index (χ0) is 18.4. The molecule has 0 aliphatic heterocycles. The molecule has 1 N–H and O–H groups in total. The highest BCUT2D eigenvalue weighted by molar-refractivity contribution is 6.31. The molecular weight excluding hydrogens is 349 g/mol. The molecule has 0 aliphatic rings. The van der Waals surface area contributed by atoms with Crippen molar-refractivity contribution in [3.05, 3.63) is 63.9 Å². The fraction of sp³-hybridized carbons (Fsp3) is 0.222. The molecule has 0 atom stereocenters. The van der Waals surface area contributed by atoms with Gasteiger partial charge in [-0.15, -0.1) is 0 Å². The predicted molar refractivity (Wildman–Crippen MR) is 91.3 cm³/mol. The van der Waals surface area contributed by atoms with Gasteiger partial charge in [-0.1, -0.05) is 23.7 Å². The number of benzene rings is 2. The average Bonchev–Trinajstić information content (AvgIpc) is 2.62. The van der Waals surface area contributed by atoms with E-state index < -0.39 is 11.8 Å². The summed E-state index contributed by atoms with van der Waals surface area (Å²) in [5, 5.41) is 2.87. The molecular formula is C18H17ClFNO4. The lowest BCUT2D eigenvalue weighted by Crippen LogP contribution is -2.25. The SMILES string of the molecule is COC(=O)c1cc(CNC(=O)Cc2c(F)cccc2Cl)ccc1OC. The number of carbonyl (C=O) groups excluding carboxylic acids is 2. The Kier molecular flexibility index (Phi) is 6.36. The number of methoxy groups -OCH3 is 2.